The van der Waals surface area contributed by atoms with Crippen molar-refractivity contribution in [1.82, 2.24) is 19.6 Å². The lowest BCUT2D eigenvalue weighted by molar-refractivity contribution is 0.0566. The first-order chi connectivity index (χ1) is 14.1. The molecule has 1 saturated heterocycles. The van der Waals surface area contributed by atoms with Gasteiger partial charge in [-0.2, -0.15) is 15.5 Å². The molecule has 6 nitrogen and oxygen atoms in total. The minimum Gasteiger partial charge on any atom is -0.370 e. The van der Waals surface area contributed by atoms with Gasteiger partial charge in [0.1, 0.15) is 5.69 Å². The van der Waals surface area contributed by atoms with Crippen molar-refractivity contribution in [1.29, 1.82) is 5.26 Å². The van der Waals surface area contributed by atoms with E-state index < -0.39 is 0 Å². The van der Waals surface area contributed by atoms with Crippen LogP contribution in [-0.4, -0.2) is 32.7 Å². The number of benzene rings is 1. The van der Waals surface area contributed by atoms with Crippen molar-refractivity contribution in [2.45, 2.75) is 44.6 Å². The molecule has 0 amide bonds. The summed E-state index contributed by atoms with van der Waals surface area (Å²) in [5, 5.41) is 20.1. The molecule has 2 saturated carbocycles. The number of hydrogen-bond donors (Lipinski definition) is 0. The molecule has 7 heteroatoms. The number of halogens is 1. The Morgan fingerprint density at radius 3 is 2.62 bits per heavy atom. The minimum absolute atomic E-state index is 0.271. The summed E-state index contributed by atoms with van der Waals surface area (Å²) in [6.07, 6.45) is 12.7. The Labute approximate surface area is 174 Å². The van der Waals surface area contributed by atoms with Crippen LogP contribution in [0, 0.1) is 22.7 Å². The molecule has 3 heterocycles. The molecule has 0 bridgehead atoms. The molecule has 0 unspecified atom stereocenters. The molecule has 0 atom stereocenters. The smallest absolute Gasteiger partial charge is 0.103 e. The molecule has 2 aromatic heterocycles. The second-order valence-electron chi connectivity index (χ2n) is 9.05. The van der Waals surface area contributed by atoms with Gasteiger partial charge in [-0.15, -0.1) is 0 Å². The third-order valence-electron chi connectivity index (χ3n) is 7.10. The predicted molar refractivity (Wildman–Crippen MR) is 112 cm³/mol. The van der Waals surface area contributed by atoms with Crippen molar-refractivity contribution >= 4 is 28.2 Å². The molecule has 3 fully saturated rings. The molecule has 0 N–H and O–H groups in total. The van der Waals surface area contributed by atoms with E-state index in [4.69, 9.17) is 16.9 Å². The molecule has 6 rings (SSSR count). The molecule has 29 heavy (non-hydrogen) atoms. The Morgan fingerprint density at radius 1 is 1.10 bits per heavy atom. The lowest BCUT2D eigenvalue weighted by atomic mass is 9.58. The summed E-state index contributed by atoms with van der Waals surface area (Å²) in [6.45, 7) is 1.99. The Bertz CT molecular complexity index is 1120. The zero-order valence-corrected chi connectivity index (χ0v) is 17.0. The number of piperidine rings is 1. The van der Waals surface area contributed by atoms with E-state index in [-0.39, 0.29) is 5.92 Å². The summed E-state index contributed by atoms with van der Waals surface area (Å²) in [5.74, 6) is 0.271. The number of hydrogen-bond acceptors (Lipinski definition) is 4. The van der Waals surface area contributed by atoms with Crippen LogP contribution in [0.5, 0.6) is 0 Å². The maximum absolute atomic E-state index is 9.11. The second kappa shape index (κ2) is 6.24. The molecule has 1 aromatic carbocycles. The van der Waals surface area contributed by atoms with E-state index in [1.807, 2.05) is 23.1 Å². The van der Waals surface area contributed by atoms with E-state index in [0.717, 1.165) is 66.1 Å². The standard InChI is InChI=1S/C22H23ClN6/c23-19-7-16-12-26-29(18-13-25-28(14-18)17-1-2-17)20(16)8-21(19)27-5-3-22(4-6-27)9-15(10-22)11-24/h7-8,12-15,17H,1-6,9-10H2. The number of fused-ring (bicyclic) bond motifs is 1. The van der Waals surface area contributed by atoms with Crippen LogP contribution in [-0.2, 0) is 0 Å². The van der Waals surface area contributed by atoms with Gasteiger partial charge >= 0.3 is 0 Å². The lowest BCUT2D eigenvalue weighted by Gasteiger charge is -2.50. The maximum Gasteiger partial charge on any atom is 0.103 e. The van der Waals surface area contributed by atoms with Crippen LogP contribution >= 0.6 is 11.6 Å². The minimum atomic E-state index is 0.271. The van der Waals surface area contributed by atoms with E-state index in [1.165, 1.54) is 12.8 Å². The van der Waals surface area contributed by atoms with Crippen molar-refractivity contribution in [3.8, 4) is 11.8 Å². The van der Waals surface area contributed by atoms with Crippen LogP contribution < -0.4 is 4.90 Å². The third kappa shape index (κ3) is 2.83. The fourth-order valence-corrected chi connectivity index (χ4v) is 5.46. The molecular formula is C22H23ClN6. The first-order valence-electron chi connectivity index (χ1n) is 10.5. The van der Waals surface area contributed by atoms with Crippen molar-refractivity contribution < 1.29 is 0 Å². The van der Waals surface area contributed by atoms with Gasteiger partial charge in [-0.25, -0.2) is 4.68 Å². The van der Waals surface area contributed by atoms with E-state index >= 15 is 0 Å². The van der Waals surface area contributed by atoms with Crippen LogP contribution in [0.2, 0.25) is 5.02 Å². The number of aromatic nitrogens is 4. The Balaban J connectivity index is 1.29. The van der Waals surface area contributed by atoms with Gasteiger partial charge in [0.2, 0.25) is 0 Å². The van der Waals surface area contributed by atoms with E-state index in [2.05, 4.69) is 38.1 Å². The van der Waals surface area contributed by atoms with E-state index in [9.17, 15) is 0 Å². The van der Waals surface area contributed by atoms with Crippen LogP contribution in [0.15, 0.2) is 30.7 Å². The fraction of sp³-hybridized carbons (Fsp3) is 0.500. The van der Waals surface area contributed by atoms with Gasteiger partial charge in [0.15, 0.2) is 0 Å². The Kier molecular flexibility index (Phi) is 3.73. The van der Waals surface area contributed by atoms with Gasteiger partial charge in [0.05, 0.1) is 46.9 Å². The highest BCUT2D eigenvalue weighted by atomic mass is 35.5. The number of nitrogens with zero attached hydrogens (tertiary/aromatic N) is 6. The average molecular weight is 407 g/mol. The van der Waals surface area contributed by atoms with E-state index in [0.29, 0.717) is 11.5 Å². The Morgan fingerprint density at radius 2 is 1.90 bits per heavy atom. The predicted octanol–water partition coefficient (Wildman–Crippen LogP) is 4.73. The fourth-order valence-electron chi connectivity index (χ4n) is 5.17. The first-order valence-corrected chi connectivity index (χ1v) is 10.9. The topological polar surface area (TPSA) is 62.7 Å². The quantitative estimate of drug-likeness (QED) is 0.630. The number of rotatable bonds is 3. The summed E-state index contributed by atoms with van der Waals surface area (Å²) < 4.78 is 4.02. The highest BCUT2D eigenvalue weighted by Gasteiger charge is 2.46. The van der Waals surface area contributed by atoms with Gasteiger partial charge in [-0.1, -0.05) is 11.6 Å². The van der Waals surface area contributed by atoms with Crippen molar-refractivity contribution in [3.63, 3.8) is 0 Å². The molecule has 0 radical (unpaired) electrons. The molecular weight excluding hydrogens is 384 g/mol. The van der Waals surface area contributed by atoms with Crippen LogP contribution in [0.25, 0.3) is 16.6 Å². The molecule has 148 valence electrons. The molecule has 1 aliphatic heterocycles. The maximum atomic E-state index is 9.11. The summed E-state index contributed by atoms with van der Waals surface area (Å²) in [4.78, 5) is 2.40. The summed E-state index contributed by atoms with van der Waals surface area (Å²) >= 11 is 6.67. The zero-order chi connectivity index (χ0) is 19.6. The zero-order valence-electron chi connectivity index (χ0n) is 16.3. The van der Waals surface area contributed by atoms with Crippen LogP contribution in [0.1, 0.15) is 44.6 Å². The highest BCUT2D eigenvalue weighted by molar-refractivity contribution is 6.34. The summed E-state index contributed by atoms with van der Waals surface area (Å²) in [7, 11) is 0. The van der Waals surface area contributed by atoms with E-state index in [1.54, 1.807) is 0 Å². The van der Waals surface area contributed by atoms with Crippen molar-refractivity contribution in [2.24, 2.45) is 11.3 Å². The van der Waals surface area contributed by atoms with Crippen LogP contribution in [0.4, 0.5) is 5.69 Å². The molecule has 2 aliphatic carbocycles. The van der Waals surface area contributed by atoms with Gasteiger partial charge < -0.3 is 4.90 Å². The largest absolute Gasteiger partial charge is 0.370 e. The average Bonchev–Trinajstić information content (AvgIpc) is 3.30. The SMILES string of the molecule is N#CC1CC2(CCN(c3cc4c(cnn4-c4cnn(C5CC5)c4)cc3Cl)CC2)C1. The normalized spacial score (nSPS) is 21.4. The van der Waals surface area contributed by atoms with Crippen molar-refractivity contribution in [2.75, 3.05) is 18.0 Å². The molecule has 3 aromatic rings. The first kappa shape index (κ1) is 17.3. The second-order valence-corrected chi connectivity index (χ2v) is 9.46. The van der Waals surface area contributed by atoms with Gasteiger partial charge in [-0.05, 0) is 56.1 Å². The van der Waals surface area contributed by atoms with Gasteiger partial charge in [-0.3, -0.25) is 4.68 Å². The lowest BCUT2D eigenvalue weighted by Crippen LogP contribution is -2.47. The van der Waals surface area contributed by atoms with Crippen LogP contribution in [0.3, 0.4) is 0 Å². The number of anilines is 1. The molecule has 3 aliphatic rings. The van der Waals surface area contributed by atoms with Gasteiger partial charge in [0, 0.05) is 24.4 Å². The Hall–Kier alpha value is -2.52. The summed E-state index contributed by atoms with van der Waals surface area (Å²) in [5.41, 5.74) is 3.54. The van der Waals surface area contributed by atoms with Gasteiger partial charge in [0.25, 0.3) is 0 Å². The highest BCUT2D eigenvalue weighted by Crippen LogP contribution is 2.53. The van der Waals surface area contributed by atoms with Crippen molar-refractivity contribution in [3.05, 3.63) is 35.7 Å². The monoisotopic (exact) mass is 406 g/mol. The number of nitriles is 1. The molecule has 1 spiro atoms. The summed E-state index contributed by atoms with van der Waals surface area (Å²) in [6, 6.07) is 7.19. The third-order valence-corrected chi connectivity index (χ3v) is 7.40.